The van der Waals surface area contributed by atoms with Gasteiger partial charge in [-0.15, -0.1) is 0 Å². The van der Waals surface area contributed by atoms with Crippen LogP contribution in [-0.2, 0) is 0 Å². The van der Waals surface area contributed by atoms with Crippen LogP contribution < -0.4 is 4.90 Å². The zero-order chi connectivity index (χ0) is 14.7. The molecule has 0 saturated carbocycles. The lowest BCUT2D eigenvalue weighted by atomic mass is 9.99. The maximum atomic E-state index is 11.3. The molecule has 2 aliphatic rings. The molecule has 1 aromatic rings. The van der Waals surface area contributed by atoms with Gasteiger partial charge in [-0.3, -0.25) is 4.79 Å². The second-order valence-corrected chi connectivity index (χ2v) is 6.51. The first kappa shape index (κ1) is 14.9. The van der Waals surface area contributed by atoms with Gasteiger partial charge in [-0.1, -0.05) is 24.1 Å². The van der Waals surface area contributed by atoms with Crippen molar-refractivity contribution in [3.8, 4) is 0 Å². The molecule has 21 heavy (non-hydrogen) atoms. The molecular formula is C17H23ClN2O. The van der Waals surface area contributed by atoms with Crippen molar-refractivity contribution in [2.75, 3.05) is 31.1 Å². The van der Waals surface area contributed by atoms with Crippen molar-refractivity contribution in [1.29, 1.82) is 0 Å². The van der Waals surface area contributed by atoms with Gasteiger partial charge in [-0.25, -0.2) is 0 Å². The average molecular weight is 307 g/mol. The number of rotatable bonds is 3. The summed E-state index contributed by atoms with van der Waals surface area (Å²) in [6.45, 7) is 4.56. The Morgan fingerprint density at radius 1 is 1.05 bits per heavy atom. The molecule has 1 aromatic carbocycles. The molecule has 3 nitrogen and oxygen atoms in total. The number of hydrogen-bond acceptors (Lipinski definition) is 3. The molecule has 0 aliphatic carbocycles. The number of anilines is 1. The van der Waals surface area contributed by atoms with Crippen LogP contribution in [0.4, 0.5) is 5.69 Å². The molecule has 4 heteroatoms. The van der Waals surface area contributed by atoms with Gasteiger partial charge in [-0.05, 0) is 50.9 Å². The second-order valence-electron chi connectivity index (χ2n) is 6.11. The molecule has 3 rings (SSSR count). The van der Waals surface area contributed by atoms with Crippen molar-refractivity contribution < 1.29 is 4.79 Å². The summed E-state index contributed by atoms with van der Waals surface area (Å²) in [5.74, 6) is 0. The predicted octanol–water partition coefficient (Wildman–Crippen LogP) is 3.61. The van der Waals surface area contributed by atoms with Crippen molar-refractivity contribution >= 4 is 23.6 Å². The lowest BCUT2D eigenvalue weighted by Crippen LogP contribution is -2.46. The summed E-state index contributed by atoms with van der Waals surface area (Å²) in [6, 6.07) is 6.45. The minimum Gasteiger partial charge on any atom is -0.371 e. The topological polar surface area (TPSA) is 23.6 Å². The Bertz CT molecular complexity index is 492. The van der Waals surface area contributed by atoms with E-state index >= 15 is 0 Å². The number of likely N-dealkylation sites (tertiary alicyclic amines) is 1. The molecule has 2 aliphatic heterocycles. The maximum absolute atomic E-state index is 11.3. The minimum atomic E-state index is 0.556. The number of nitrogens with zero attached hydrogens (tertiary/aromatic N) is 2. The van der Waals surface area contributed by atoms with Crippen LogP contribution in [-0.4, -0.2) is 43.4 Å². The highest BCUT2D eigenvalue weighted by atomic mass is 35.5. The molecule has 2 fully saturated rings. The lowest BCUT2D eigenvalue weighted by Gasteiger charge is -2.41. The maximum Gasteiger partial charge on any atom is 0.153 e. The zero-order valence-corrected chi connectivity index (χ0v) is 13.2. The molecule has 0 atom stereocenters. The average Bonchev–Trinajstić information content (AvgIpc) is 2.55. The Kier molecular flexibility index (Phi) is 4.81. The number of piperidine rings is 2. The molecule has 114 valence electrons. The van der Waals surface area contributed by atoms with E-state index in [-0.39, 0.29) is 0 Å². The summed E-state index contributed by atoms with van der Waals surface area (Å²) in [5.41, 5.74) is 1.63. The normalized spacial score (nSPS) is 21.5. The van der Waals surface area contributed by atoms with Crippen LogP contribution in [0.1, 0.15) is 42.5 Å². The summed E-state index contributed by atoms with van der Waals surface area (Å²) >= 11 is 6.13. The van der Waals surface area contributed by atoms with Gasteiger partial charge in [0.05, 0.1) is 10.6 Å². The van der Waals surface area contributed by atoms with Gasteiger partial charge in [-0.2, -0.15) is 0 Å². The van der Waals surface area contributed by atoms with Crippen molar-refractivity contribution in [3.63, 3.8) is 0 Å². The first-order chi connectivity index (χ1) is 10.3. The number of benzene rings is 1. The third-order valence-corrected chi connectivity index (χ3v) is 5.19. The Hall–Kier alpha value is -1.06. The van der Waals surface area contributed by atoms with Crippen LogP contribution in [0.2, 0.25) is 5.02 Å². The van der Waals surface area contributed by atoms with Gasteiger partial charge < -0.3 is 9.80 Å². The second kappa shape index (κ2) is 6.80. The first-order valence-electron chi connectivity index (χ1n) is 8.02. The van der Waals surface area contributed by atoms with Crippen LogP contribution >= 0.6 is 11.6 Å². The Morgan fingerprint density at radius 3 is 2.43 bits per heavy atom. The van der Waals surface area contributed by atoms with Crippen LogP contribution in [0.15, 0.2) is 18.2 Å². The van der Waals surface area contributed by atoms with Gasteiger partial charge in [0.25, 0.3) is 0 Å². The van der Waals surface area contributed by atoms with Gasteiger partial charge in [0.1, 0.15) is 0 Å². The van der Waals surface area contributed by atoms with E-state index in [1.807, 2.05) is 12.1 Å². The van der Waals surface area contributed by atoms with Gasteiger partial charge >= 0.3 is 0 Å². The quantitative estimate of drug-likeness (QED) is 0.797. The predicted molar refractivity (Wildman–Crippen MR) is 87.5 cm³/mol. The minimum absolute atomic E-state index is 0.556. The van der Waals surface area contributed by atoms with Crippen molar-refractivity contribution in [2.45, 2.75) is 38.1 Å². The fourth-order valence-electron chi connectivity index (χ4n) is 3.67. The molecule has 0 N–H and O–H groups in total. The molecule has 0 aromatic heterocycles. The van der Waals surface area contributed by atoms with E-state index in [9.17, 15) is 4.79 Å². The van der Waals surface area contributed by atoms with E-state index in [1.54, 1.807) is 6.07 Å². The summed E-state index contributed by atoms with van der Waals surface area (Å²) < 4.78 is 0. The highest BCUT2D eigenvalue weighted by molar-refractivity contribution is 6.33. The smallest absolute Gasteiger partial charge is 0.153 e. The van der Waals surface area contributed by atoms with Crippen LogP contribution in [0.3, 0.4) is 0 Å². The van der Waals surface area contributed by atoms with Gasteiger partial charge in [0, 0.05) is 24.8 Å². The summed E-state index contributed by atoms with van der Waals surface area (Å²) in [7, 11) is 0. The van der Waals surface area contributed by atoms with Crippen LogP contribution in [0, 0.1) is 0 Å². The molecular weight excluding hydrogens is 284 g/mol. The standard InChI is InChI=1S/C17H23ClN2O/c18-16-5-4-6-17(15(16)13-21)20-11-7-14(8-12-20)19-9-2-1-3-10-19/h4-6,13-14H,1-3,7-12H2. The Balaban J connectivity index is 1.65. The number of hydrogen-bond donors (Lipinski definition) is 0. The Labute approximate surface area is 131 Å². The summed E-state index contributed by atoms with van der Waals surface area (Å²) in [5, 5.41) is 0.556. The Morgan fingerprint density at radius 2 is 1.76 bits per heavy atom. The summed E-state index contributed by atoms with van der Waals surface area (Å²) in [4.78, 5) is 16.3. The fraction of sp³-hybridized carbons (Fsp3) is 0.588. The third kappa shape index (κ3) is 3.24. The monoisotopic (exact) mass is 306 g/mol. The lowest BCUT2D eigenvalue weighted by molar-refractivity contribution is 0.112. The first-order valence-corrected chi connectivity index (χ1v) is 8.40. The number of halogens is 1. The SMILES string of the molecule is O=Cc1c(Cl)cccc1N1CCC(N2CCCCC2)CC1. The largest absolute Gasteiger partial charge is 0.371 e. The van der Waals surface area contributed by atoms with E-state index in [0.717, 1.165) is 31.1 Å². The highest BCUT2D eigenvalue weighted by Gasteiger charge is 2.26. The van der Waals surface area contributed by atoms with E-state index in [4.69, 9.17) is 11.6 Å². The number of carbonyl (C=O) groups excluding carboxylic acids is 1. The number of carbonyl (C=O) groups is 1. The third-order valence-electron chi connectivity index (χ3n) is 4.86. The molecule has 2 saturated heterocycles. The van der Waals surface area contributed by atoms with Crippen molar-refractivity contribution in [1.82, 2.24) is 4.90 Å². The van der Waals surface area contributed by atoms with E-state index in [2.05, 4.69) is 9.80 Å². The molecule has 2 heterocycles. The molecule has 0 amide bonds. The van der Waals surface area contributed by atoms with E-state index < -0.39 is 0 Å². The van der Waals surface area contributed by atoms with Crippen LogP contribution in [0.25, 0.3) is 0 Å². The van der Waals surface area contributed by atoms with Crippen molar-refractivity contribution in [3.05, 3.63) is 28.8 Å². The number of aldehydes is 1. The van der Waals surface area contributed by atoms with E-state index in [1.165, 1.54) is 45.2 Å². The summed E-state index contributed by atoms with van der Waals surface area (Å²) in [6.07, 6.45) is 7.35. The molecule has 0 radical (unpaired) electrons. The van der Waals surface area contributed by atoms with Gasteiger partial charge in [0.15, 0.2) is 6.29 Å². The molecule has 0 bridgehead atoms. The van der Waals surface area contributed by atoms with Crippen LogP contribution in [0.5, 0.6) is 0 Å². The molecule has 0 unspecified atom stereocenters. The molecule has 0 spiro atoms. The highest BCUT2D eigenvalue weighted by Crippen LogP contribution is 2.29. The van der Waals surface area contributed by atoms with Crippen molar-refractivity contribution in [2.24, 2.45) is 0 Å². The zero-order valence-electron chi connectivity index (χ0n) is 12.4. The van der Waals surface area contributed by atoms with Gasteiger partial charge in [0.2, 0.25) is 0 Å². The fourth-order valence-corrected chi connectivity index (χ4v) is 3.89. The van der Waals surface area contributed by atoms with E-state index in [0.29, 0.717) is 10.6 Å².